The molecule has 226 valence electrons. The summed E-state index contributed by atoms with van der Waals surface area (Å²) in [6.45, 7) is 4.60. The summed E-state index contributed by atoms with van der Waals surface area (Å²) in [6, 6.07) is -0.171. The van der Waals surface area contributed by atoms with Crippen LogP contribution in [0.5, 0.6) is 0 Å². The van der Waals surface area contributed by atoms with Crippen LogP contribution in [-0.4, -0.2) is 70.9 Å². The minimum absolute atomic E-state index is 0.00951. The van der Waals surface area contributed by atoms with Gasteiger partial charge in [0.1, 0.15) is 5.60 Å². The summed E-state index contributed by atoms with van der Waals surface area (Å²) in [5, 5.41) is 28.9. The van der Waals surface area contributed by atoms with Gasteiger partial charge in [-0.3, -0.25) is 14.4 Å². The fourth-order valence-electron chi connectivity index (χ4n) is 9.29. The van der Waals surface area contributed by atoms with Gasteiger partial charge in [-0.15, -0.1) is 0 Å². The van der Waals surface area contributed by atoms with Crippen molar-refractivity contribution in [2.24, 2.45) is 34.5 Å². The lowest BCUT2D eigenvalue weighted by atomic mass is 9.44. The second-order valence-corrected chi connectivity index (χ2v) is 13.5. The van der Waals surface area contributed by atoms with Crippen molar-refractivity contribution in [1.29, 1.82) is 0 Å². The molecule has 4 fully saturated rings. The number of nitrogens with one attached hydrogen (secondary N) is 2. The Morgan fingerprint density at radius 1 is 1.12 bits per heavy atom. The molecule has 0 spiro atoms. The molecular formula is C31H43FN2O7. The van der Waals surface area contributed by atoms with Gasteiger partial charge < -0.3 is 25.6 Å². The Labute approximate surface area is 240 Å². The second-order valence-electron chi connectivity index (χ2n) is 13.5. The molecule has 5 aliphatic rings. The number of carbonyl (C=O) groups excluding carboxylic acids is 4. The van der Waals surface area contributed by atoms with Crippen molar-refractivity contribution in [3.05, 3.63) is 23.8 Å². The van der Waals surface area contributed by atoms with Gasteiger partial charge in [0, 0.05) is 35.8 Å². The molecule has 4 N–H and O–H groups in total. The molecule has 0 unspecified atom stereocenters. The van der Waals surface area contributed by atoms with Gasteiger partial charge in [0.15, 0.2) is 18.1 Å². The van der Waals surface area contributed by atoms with Crippen LogP contribution in [0.3, 0.4) is 0 Å². The Morgan fingerprint density at radius 3 is 2.46 bits per heavy atom. The largest absolute Gasteiger partial charge is 0.441 e. The number of aliphatic hydroxyl groups excluding tert-OH is 1. The highest BCUT2D eigenvalue weighted by atomic mass is 19.1. The first-order valence-electron chi connectivity index (χ1n) is 14.9. The minimum Gasteiger partial charge on any atom is -0.441 e. The number of amides is 2. The van der Waals surface area contributed by atoms with Gasteiger partial charge in [-0.05, 0) is 82.3 Å². The fourth-order valence-corrected chi connectivity index (χ4v) is 9.29. The number of allylic oxidation sites excluding steroid dienone is 4. The Morgan fingerprint density at radius 2 is 1.80 bits per heavy atom. The van der Waals surface area contributed by atoms with Crippen LogP contribution in [0, 0.1) is 34.5 Å². The molecule has 0 bridgehead atoms. The van der Waals surface area contributed by atoms with Crippen molar-refractivity contribution in [2.45, 2.75) is 95.6 Å². The van der Waals surface area contributed by atoms with E-state index in [4.69, 9.17) is 4.74 Å². The number of carbonyl (C=O) groups is 4. The van der Waals surface area contributed by atoms with Crippen LogP contribution in [0.15, 0.2) is 23.8 Å². The number of hydrogen-bond donors (Lipinski definition) is 4. The lowest BCUT2D eigenvalue weighted by Crippen LogP contribution is -2.69. The number of aliphatic hydroxyl groups is 2. The van der Waals surface area contributed by atoms with Crippen LogP contribution in [-0.2, 0) is 19.1 Å². The number of ketones is 2. The molecule has 5 rings (SSSR count). The summed E-state index contributed by atoms with van der Waals surface area (Å²) < 4.78 is 22.6. The van der Waals surface area contributed by atoms with Crippen LogP contribution in [0.25, 0.3) is 0 Å². The average molecular weight is 575 g/mol. The Hall–Kier alpha value is -2.59. The first-order chi connectivity index (χ1) is 19.2. The van der Waals surface area contributed by atoms with E-state index in [1.165, 1.54) is 12.2 Å². The van der Waals surface area contributed by atoms with E-state index >= 15 is 4.39 Å². The zero-order valence-electron chi connectivity index (χ0n) is 24.4. The lowest BCUT2D eigenvalue weighted by Gasteiger charge is -2.62. The maximum absolute atomic E-state index is 17.3. The molecule has 41 heavy (non-hydrogen) atoms. The molecule has 0 radical (unpaired) electrons. The van der Waals surface area contributed by atoms with Crippen molar-refractivity contribution in [3.8, 4) is 0 Å². The maximum Gasteiger partial charge on any atom is 0.407 e. The Kier molecular flexibility index (Phi) is 7.50. The third-order valence-corrected chi connectivity index (χ3v) is 11.6. The first-order valence-corrected chi connectivity index (χ1v) is 14.9. The zero-order valence-corrected chi connectivity index (χ0v) is 24.4. The summed E-state index contributed by atoms with van der Waals surface area (Å²) >= 11 is 0. The molecule has 4 saturated carbocycles. The van der Waals surface area contributed by atoms with Gasteiger partial charge in [-0.2, -0.15) is 0 Å². The van der Waals surface area contributed by atoms with Crippen LogP contribution in [0.2, 0.25) is 0 Å². The van der Waals surface area contributed by atoms with E-state index < -0.39 is 64.4 Å². The first kappa shape index (κ1) is 29.9. The number of fused-ring (bicyclic) bond motifs is 5. The monoisotopic (exact) mass is 574 g/mol. The normalized spacial score (nSPS) is 45.0. The molecular weight excluding hydrogens is 531 g/mol. The smallest absolute Gasteiger partial charge is 0.407 e. The van der Waals surface area contributed by atoms with E-state index in [-0.39, 0.29) is 30.1 Å². The second kappa shape index (κ2) is 10.3. The molecule has 0 aromatic carbocycles. The van der Waals surface area contributed by atoms with Gasteiger partial charge in [0.2, 0.25) is 11.7 Å². The molecule has 0 heterocycles. The van der Waals surface area contributed by atoms with Crippen molar-refractivity contribution in [3.63, 3.8) is 0 Å². The van der Waals surface area contributed by atoms with Gasteiger partial charge >= 0.3 is 6.09 Å². The van der Waals surface area contributed by atoms with Gasteiger partial charge in [0.25, 0.3) is 0 Å². The number of ether oxygens (including phenoxy) is 1. The third-order valence-electron chi connectivity index (χ3n) is 11.6. The summed E-state index contributed by atoms with van der Waals surface area (Å²) in [7, 11) is 1.60. The van der Waals surface area contributed by atoms with Gasteiger partial charge in [-0.25, -0.2) is 9.18 Å². The highest BCUT2D eigenvalue weighted by Gasteiger charge is 2.75. The number of Topliss-reactive ketones (excluding diaryl/α,β-unsaturated/α-hetero) is 1. The average Bonchev–Trinajstić information content (AvgIpc) is 3.14. The van der Waals surface area contributed by atoms with E-state index in [1.54, 1.807) is 33.9 Å². The van der Waals surface area contributed by atoms with Crippen molar-refractivity contribution >= 4 is 23.6 Å². The highest BCUT2D eigenvalue weighted by Crippen LogP contribution is 2.70. The summed E-state index contributed by atoms with van der Waals surface area (Å²) in [5.41, 5.74) is -5.59. The van der Waals surface area contributed by atoms with E-state index in [0.29, 0.717) is 50.5 Å². The zero-order chi connectivity index (χ0) is 30.0. The SMILES string of the molecule is CNC(=O)C1CCC(NC(=O)OCC(=O)[C@@]2(O)[C@H](C)C[C@H]3[C@@H]4CCC5=CC(=O)C=C[C@]5(C)[C@@]4(F)[C@@H](O)C[C@@]32C)CC1. The van der Waals surface area contributed by atoms with E-state index in [2.05, 4.69) is 10.6 Å². The molecule has 2 amide bonds. The fraction of sp³-hybridized carbons (Fsp3) is 0.742. The topological polar surface area (TPSA) is 142 Å². The Balaban J connectivity index is 1.28. The molecule has 0 aromatic heterocycles. The lowest BCUT2D eigenvalue weighted by molar-refractivity contribution is -0.219. The molecule has 5 aliphatic carbocycles. The van der Waals surface area contributed by atoms with Crippen molar-refractivity contribution in [2.75, 3.05) is 13.7 Å². The molecule has 9 nitrogen and oxygen atoms in total. The molecule has 0 aromatic rings. The standard InChI is InChI=1S/C31H43FN2O7/c1-17-13-23-22-10-7-19-14-21(35)11-12-28(19,2)30(22,32)24(36)15-29(23,3)31(17,40)25(37)16-41-27(39)34-20-8-5-18(6-9-20)26(38)33-4/h11-12,14,17-18,20,22-24,36,40H,5-10,13,15-16H2,1-4H3,(H,33,38)(H,34,39)/t17-,18?,20?,22+,23+,24+,28+,29+,30+,31+/m1/s1. The quantitative estimate of drug-likeness (QED) is 0.396. The maximum atomic E-state index is 17.3. The van der Waals surface area contributed by atoms with Gasteiger partial charge in [0.05, 0.1) is 6.10 Å². The van der Waals surface area contributed by atoms with Crippen LogP contribution < -0.4 is 10.6 Å². The van der Waals surface area contributed by atoms with E-state index in [1.807, 2.05) is 0 Å². The molecule has 0 saturated heterocycles. The number of alkyl carbamates (subject to hydrolysis) is 1. The minimum atomic E-state index is -2.06. The third kappa shape index (κ3) is 4.30. The summed E-state index contributed by atoms with van der Waals surface area (Å²) in [5.74, 6) is -2.50. The van der Waals surface area contributed by atoms with Crippen molar-refractivity contribution in [1.82, 2.24) is 10.6 Å². The van der Waals surface area contributed by atoms with Crippen molar-refractivity contribution < 1.29 is 38.5 Å². The number of halogens is 1. The highest BCUT2D eigenvalue weighted by molar-refractivity contribution is 6.01. The Bertz CT molecular complexity index is 1190. The molecule has 8 atom stereocenters. The van der Waals surface area contributed by atoms with E-state index in [9.17, 15) is 29.4 Å². The molecule has 10 heteroatoms. The summed E-state index contributed by atoms with van der Waals surface area (Å²) in [6.07, 6.45) is 5.85. The number of rotatable bonds is 5. The predicted molar refractivity (Wildman–Crippen MR) is 147 cm³/mol. The number of alkyl halides is 1. The van der Waals surface area contributed by atoms with Gasteiger partial charge in [-0.1, -0.05) is 25.5 Å². The van der Waals surface area contributed by atoms with Crippen LogP contribution in [0.1, 0.15) is 72.1 Å². The molecule has 0 aliphatic heterocycles. The summed E-state index contributed by atoms with van der Waals surface area (Å²) in [4.78, 5) is 50.1. The van der Waals surface area contributed by atoms with E-state index in [0.717, 1.165) is 0 Å². The van der Waals surface area contributed by atoms with Crippen LogP contribution in [0.4, 0.5) is 9.18 Å². The predicted octanol–water partition coefficient (Wildman–Crippen LogP) is 2.93. The van der Waals surface area contributed by atoms with Crippen LogP contribution >= 0.6 is 0 Å². The number of hydrogen-bond acceptors (Lipinski definition) is 7.